The van der Waals surface area contributed by atoms with Gasteiger partial charge in [-0.1, -0.05) is 24.3 Å². The Morgan fingerprint density at radius 3 is 2.00 bits per heavy atom. The summed E-state index contributed by atoms with van der Waals surface area (Å²) in [5.74, 6) is -0.253. The van der Waals surface area contributed by atoms with Crippen LogP contribution in [0.25, 0.3) is 0 Å². The topological polar surface area (TPSA) is 53.0 Å². The fraction of sp³-hybridized carbons (Fsp3) is 0.476. The van der Waals surface area contributed by atoms with Gasteiger partial charge in [-0.2, -0.15) is 10.1 Å². The van der Waals surface area contributed by atoms with Crippen LogP contribution in [0.5, 0.6) is 0 Å². The third-order valence-corrected chi connectivity index (χ3v) is 6.08. The van der Waals surface area contributed by atoms with Gasteiger partial charge in [0.15, 0.2) is 0 Å². The molecule has 5 nitrogen and oxygen atoms in total. The van der Waals surface area contributed by atoms with E-state index in [1.807, 2.05) is 24.3 Å². The average Bonchev–Trinajstić information content (AvgIpc) is 2.96. The van der Waals surface area contributed by atoms with Crippen LogP contribution in [0.4, 0.5) is 5.69 Å². The number of anilines is 1. The highest BCUT2D eigenvalue weighted by atomic mass is 16.2. The lowest BCUT2D eigenvalue weighted by Crippen LogP contribution is -2.38. The molecule has 0 aromatic heterocycles. The van der Waals surface area contributed by atoms with Crippen molar-refractivity contribution in [1.29, 1.82) is 0 Å². The first-order valence-corrected chi connectivity index (χ1v) is 9.59. The van der Waals surface area contributed by atoms with E-state index in [4.69, 9.17) is 0 Å². The van der Waals surface area contributed by atoms with Crippen LogP contribution in [0.1, 0.15) is 32.3 Å². The van der Waals surface area contributed by atoms with Crippen LogP contribution in [0.15, 0.2) is 41.5 Å². The molecule has 0 N–H and O–H groups in total. The van der Waals surface area contributed by atoms with Crippen LogP contribution in [0.2, 0.25) is 0 Å². The van der Waals surface area contributed by atoms with Gasteiger partial charge in [0.05, 0.1) is 18.1 Å². The van der Waals surface area contributed by atoms with E-state index < -0.39 is 0 Å². The van der Waals surface area contributed by atoms with E-state index in [0.29, 0.717) is 0 Å². The van der Waals surface area contributed by atoms with Crippen LogP contribution in [0, 0.1) is 23.7 Å². The summed E-state index contributed by atoms with van der Waals surface area (Å²) in [5, 5.41) is 5.38. The van der Waals surface area contributed by atoms with Gasteiger partial charge in [0.1, 0.15) is 0 Å². The zero-order valence-electron chi connectivity index (χ0n) is 15.3. The van der Waals surface area contributed by atoms with E-state index in [2.05, 4.69) is 36.0 Å². The minimum absolute atomic E-state index is 0.130. The molecule has 1 heterocycles. The molecule has 4 atom stereocenters. The zero-order valence-corrected chi connectivity index (χ0v) is 15.3. The van der Waals surface area contributed by atoms with Gasteiger partial charge in [0.25, 0.3) is 11.8 Å². The molecule has 1 aromatic carbocycles. The molecule has 4 aliphatic rings. The number of amides is 2. The Hall–Kier alpha value is -2.43. The molecule has 3 aliphatic carbocycles. The van der Waals surface area contributed by atoms with Crippen molar-refractivity contribution in [2.24, 2.45) is 28.8 Å². The van der Waals surface area contributed by atoms with E-state index in [1.54, 1.807) is 6.21 Å². The molecule has 0 radical (unpaired) electrons. The Bertz CT molecular complexity index is 732. The number of hydrazone groups is 1. The van der Waals surface area contributed by atoms with Crippen molar-refractivity contribution < 1.29 is 9.59 Å². The first-order chi connectivity index (χ1) is 12.6. The predicted molar refractivity (Wildman–Crippen MR) is 102 cm³/mol. The minimum atomic E-state index is -0.201. The number of nitrogens with zero attached hydrogens (tertiary/aromatic N) is 3. The molecule has 1 aliphatic heterocycles. The number of benzene rings is 1. The molecule has 1 aromatic rings. The molecule has 2 fully saturated rings. The number of rotatable bonds is 5. The lowest BCUT2D eigenvalue weighted by molar-refractivity contribution is -0.140. The van der Waals surface area contributed by atoms with E-state index >= 15 is 0 Å². The Balaban J connectivity index is 1.51. The Morgan fingerprint density at radius 2 is 1.54 bits per heavy atom. The van der Waals surface area contributed by atoms with Crippen molar-refractivity contribution in [3.8, 4) is 0 Å². The summed E-state index contributed by atoms with van der Waals surface area (Å²) in [6.07, 6.45) is 7.88. The number of imide groups is 1. The van der Waals surface area contributed by atoms with Gasteiger partial charge in [-0.3, -0.25) is 9.59 Å². The van der Waals surface area contributed by atoms with Gasteiger partial charge in [0.2, 0.25) is 0 Å². The number of allylic oxidation sites excluding steroid dienone is 2. The van der Waals surface area contributed by atoms with Crippen molar-refractivity contribution >= 4 is 23.7 Å². The molecule has 0 spiro atoms. The third-order valence-electron chi connectivity index (χ3n) is 6.08. The SMILES string of the molecule is CCN(CC)c1ccc(/C=N\N2C(=O)[C@H]3[C@H](C2=O)[C@@H]2C=C[C@@H]3CC2)cc1. The summed E-state index contributed by atoms with van der Waals surface area (Å²) in [5.41, 5.74) is 2.05. The van der Waals surface area contributed by atoms with Gasteiger partial charge >= 0.3 is 0 Å². The number of fused-ring (bicyclic) bond motifs is 1. The average molecular weight is 351 g/mol. The number of carbonyl (C=O) groups excluding carboxylic acids is 2. The van der Waals surface area contributed by atoms with Gasteiger partial charge in [-0.15, -0.1) is 0 Å². The van der Waals surface area contributed by atoms with Gasteiger partial charge < -0.3 is 4.90 Å². The molecule has 1 saturated carbocycles. The van der Waals surface area contributed by atoms with Gasteiger partial charge in [0, 0.05) is 18.8 Å². The lowest BCUT2D eigenvalue weighted by atomic mass is 9.63. The van der Waals surface area contributed by atoms with Crippen molar-refractivity contribution in [3.05, 3.63) is 42.0 Å². The lowest BCUT2D eigenvalue weighted by Gasteiger charge is -2.37. The first-order valence-electron chi connectivity index (χ1n) is 9.59. The smallest absolute Gasteiger partial charge is 0.254 e. The largest absolute Gasteiger partial charge is 0.372 e. The van der Waals surface area contributed by atoms with Crippen LogP contribution >= 0.6 is 0 Å². The molecular weight excluding hydrogens is 326 g/mol. The summed E-state index contributed by atoms with van der Waals surface area (Å²) in [6, 6.07) is 8.04. The Labute approximate surface area is 154 Å². The summed E-state index contributed by atoms with van der Waals surface area (Å²) < 4.78 is 0. The van der Waals surface area contributed by atoms with Crippen molar-refractivity contribution in [2.75, 3.05) is 18.0 Å². The molecule has 2 bridgehead atoms. The van der Waals surface area contributed by atoms with Gasteiger partial charge in [-0.25, -0.2) is 0 Å². The predicted octanol–water partition coefficient (Wildman–Crippen LogP) is 3.06. The van der Waals surface area contributed by atoms with E-state index in [0.717, 1.165) is 42.2 Å². The van der Waals surface area contributed by atoms with Gasteiger partial charge in [-0.05, 0) is 56.2 Å². The van der Waals surface area contributed by atoms with E-state index in [1.165, 1.54) is 0 Å². The normalized spacial score (nSPS) is 29.7. The molecule has 26 heavy (non-hydrogen) atoms. The van der Waals surface area contributed by atoms with Crippen LogP contribution < -0.4 is 4.90 Å². The molecule has 5 rings (SSSR count). The standard InChI is InChI=1S/C21H25N3O2/c1-3-23(4-2)17-11-5-14(6-12-17)13-22-24-20(25)18-15-7-8-16(10-9-15)19(18)21(24)26/h5-8,11-13,15-16,18-19H,3-4,9-10H2,1-2H3/b22-13-/t15-,16-,18-,19-/m1/s1. The maximum Gasteiger partial charge on any atom is 0.254 e. The monoisotopic (exact) mass is 351 g/mol. The van der Waals surface area contributed by atoms with Crippen molar-refractivity contribution in [3.63, 3.8) is 0 Å². The van der Waals surface area contributed by atoms with E-state index in [9.17, 15) is 9.59 Å². The molecule has 1 saturated heterocycles. The van der Waals surface area contributed by atoms with Crippen molar-refractivity contribution in [1.82, 2.24) is 5.01 Å². The summed E-state index contributed by atoms with van der Waals surface area (Å²) in [7, 11) is 0. The highest BCUT2D eigenvalue weighted by Crippen LogP contribution is 2.49. The summed E-state index contributed by atoms with van der Waals surface area (Å²) in [4.78, 5) is 27.7. The molecule has 2 amide bonds. The fourth-order valence-electron chi connectivity index (χ4n) is 4.66. The quantitative estimate of drug-likeness (QED) is 0.465. The second-order valence-electron chi connectivity index (χ2n) is 7.34. The molecular formula is C21H25N3O2. The Kier molecular flexibility index (Phi) is 4.39. The third kappa shape index (κ3) is 2.66. The van der Waals surface area contributed by atoms with E-state index in [-0.39, 0.29) is 35.5 Å². The second-order valence-corrected chi connectivity index (χ2v) is 7.34. The maximum atomic E-state index is 12.7. The summed E-state index contributed by atoms with van der Waals surface area (Å²) >= 11 is 0. The second kappa shape index (κ2) is 6.71. The fourth-order valence-corrected chi connectivity index (χ4v) is 4.66. The maximum absolute atomic E-state index is 12.7. The molecule has 5 heteroatoms. The number of hydrogen-bond donors (Lipinski definition) is 0. The first kappa shape index (κ1) is 17.0. The minimum Gasteiger partial charge on any atom is -0.372 e. The molecule has 136 valence electrons. The Morgan fingerprint density at radius 1 is 1.00 bits per heavy atom. The zero-order chi connectivity index (χ0) is 18.3. The number of hydrogen-bond acceptors (Lipinski definition) is 4. The number of carbonyl (C=O) groups is 2. The van der Waals surface area contributed by atoms with Crippen molar-refractivity contribution in [2.45, 2.75) is 26.7 Å². The van der Waals surface area contributed by atoms with Crippen LogP contribution in [-0.4, -0.2) is 36.1 Å². The highest BCUT2D eigenvalue weighted by molar-refractivity contribution is 6.06. The molecule has 0 unspecified atom stereocenters. The van der Waals surface area contributed by atoms with Crippen LogP contribution in [-0.2, 0) is 9.59 Å². The van der Waals surface area contributed by atoms with Crippen LogP contribution in [0.3, 0.4) is 0 Å². The highest BCUT2D eigenvalue weighted by Gasteiger charge is 2.56. The summed E-state index contributed by atoms with van der Waals surface area (Å²) in [6.45, 7) is 6.18.